The van der Waals surface area contributed by atoms with Crippen molar-refractivity contribution < 1.29 is 10.1 Å². The summed E-state index contributed by atoms with van der Waals surface area (Å²) in [6.45, 7) is 0. The van der Waals surface area contributed by atoms with Crippen LogP contribution in [0.3, 0.4) is 0 Å². The number of nitro groups is 1. The maximum atomic E-state index is 10.4. The quantitative estimate of drug-likeness (QED) is 0.233. The molecule has 0 aliphatic rings. The Balaban J connectivity index is 3.18. The van der Waals surface area contributed by atoms with E-state index in [1.165, 1.54) is 18.2 Å². The third-order valence-electron chi connectivity index (χ3n) is 1.38. The number of oxime groups is 1. The van der Waals surface area contributed by atoms with Gasteiger partial charge in [0, 0.05) is 23.4 Å². The predicted octanol–water partition coefficient (Wildman–Crippen LogP) is 0.985. The number of anilines is 1. The minimum absolute atomic E-state index is 0.130. The molecule has 0 fully saturated rings. The highest BCUT2D eigenvalue weighted by molar-refractivity contribution is 5.82. The molecule has 0 spiro atoms. The molecular formula is C7H7N3O3. The summed E-state index contributed by atoms with van der Waals surface area (Å²) in [5.41, 5.74) is 5.89. The topological polar surface area (TPSA) is 102 Å². The van der Waals surface area contributed by atoms with Gasteiger partial charge in [-0.1, -0.05) is 5.16 Å². The van der Waals surface area contributed by atoms with E-state index in [1.807, 2.05) is 0 Å². The monoisotopic (exact) mass is 181 g/mol. The zero-order valence-electron chi connectivity index (χ0n) is 6.54. The van der Waals surface area contributed by atoms with E-state index in [2.05, 4.69) is 5.16 Å². The van der Waals surface area contributed by atoms with Gasteiger partial charge in [-0.15, -0.1) is 0 Å². The summed E-state index contributed by atoms with van der Waals surface area (Å²) in [5, 5.41) is 21.3. The second kappa shape index (κ2) is 3.53. The fraction of sp³-hybridized carbons (Fsp3) is 0. The van der Waals surface area contributed by atoms with E-state index in [-0.39, 0.29) is 11.4 Å². The SMILES string of the molecule is Nc1cc(/C=N/O)cc([N+](=O)[O-])c1. The largest absolute Gasteiger partial charge is 0.411 e. The molecule has 0 unspecified atom stereocenters. The average molecular weight is 181 g/mol. The van der Waals surface area contributed by atoms with Crippen molar-refractivity contribution in [1.29, 1.82) is 0 Å². The lowest BCUT2D eigenvalue weighted by Crippen LogP contribution is -1.94. The van der Waals surface area contributed by atoms with Gasteiger partial charge >= 0.3 is 0 Å². The van der Waals surface area contributed by atoms with Crippen molar-refractivity contribution in [3.63, 3.8) is 0 Å². The molecule has 3 N–H and O–H groups in total. The molecule has 0 saturated heterocycles. The molecule has 0 bridgehead atoms. The van der Waals surface area contributed by atoms with Gasteiger partial charge in [-0.2, -0.15) is 0 Å². The molecule has 1 aromatic carbocycles. The Labute approximate surface area is 73.4 Å². The van der Waals surface area contributed by atoms with Gasteiger partial charge in [-0.3, -0.25) is 10.1 Å². The Morgan fingerprint density at radius 2 is 2.23 bits per heavy atom. The second-order valence-corrected chi connectivity index (χ2v) is 2.36. The number of hydrogen-bond donors (Lipinski definition) is 2. The van der Waals surface area contributed by atoms with Crippen molar-refractivity contribution in [2.45, 2.75) is 0 Å². The first-order valence-corrected chi connectivity index (χ1v) is 3.36. The van der Waals surface area contributed by atoms with E-state index < -0.39 is 4.92 Å². The highest BCUT2D eigenvalue weighted by atomic mass is 16.6. The Morgan fingerprint density at radius 1 is 1.54 bits per heavy atom. The first-order chi connectivity index (χ1) is 6.13. The molecule has 0 aliphatic carbocycles. The summed E-state index contributed by atoms with van der Waals surface area (Å²) in [6, 6.07) is 3.96. The zero-order chi connectivity index (χ0) is 9.84. The standard InChI is InChI=1S/C7H7N3O3/c8-6-1-5(4-9-11)2-7(3-6)10(12)13/h1-4,11H,8H2/b9-4+. The molecule has 0 amide bonds. The smallest absolute Gasteiger partial charge is 0.272 e. The van der Waals surface area contributed by atoms with E-state index in [4.69, 9.17) is 10.9 Å². The summed E-state index contributed by atoms with van der Waals surface area (Å²) in [6.07, 6.45) is 1.07. The van der Waals surface area contributed by atoms with Gasteiger partial charge in [0.25, 0.3) is 5.69 Å². The van der Waals surface area contributed by atoms with Gasteiger partial charge in [0.1, 0.15) is 0 Å². The fourth-order valence-electron chi connectivity index (χ4n) is 0.906. The minimum Gasteiger partial charge on any atom is -0.411 e. The second-order valence-electron chi connectivity index (χ2n) is 2.36. The van der Waals surface area contributed by atoms with Crippen molar-refractivity contribution in [1.82, 2.24) is 0 Å². The average Bonchev–Trinajstić information content (AvgIpc) is 2.03. The van der Waals surface area contributed by atoms with Gasteiger partial charge in [-0.25, -0.2) is 0 Å². The van der Waals surface area contributed by atoms with E-state index in [9.17, 15) is 10.1 Å². The van der Waals surface area contributed by atoms with Gasteiger partial charge in [0.2, 0.25) is 0 Å². The number of nitrogen functional groups attached to an aromatic ring is 1. The molecule has 1 aromatic rings. The molecule has 6 nitrogen and oxygen atoms in total. The Hall–Kier alpha value is -2.11. The zero-order valence-corrected chi connectivity index (χ0v) is 6.54. The van der Waals surface area contributed by atoms with Crippen LogP contribution in [0.4, 0.5) is 11.4 Å². The van der Waals surface area contributed by atoms with Crippen LogP contribution in [0.15, 0.2) is 23.4 Å². The Morgan fingerprint density at radius 3 is 2.77 bits per heavy atom. The van der Waals surface area contributed by atoms with Crippen LogP contribution in [0.2, 0.25) is 0 Å². The number of non-ortho nitro benzene ring substituents is 1. The lowest BCUT2D eigenvalue weighted by atomic mass is 10.2. The van der Waals surface area contributed by atoms with Crippen molar-refractivity contribution in [3.8, 4) is 0 Å². The molecule has 0 radical (unpaired) electrons. The molecule has 0 atom stereocenters. The Bertz CT molecular complexity index is 362. The molecule has 0 saturated carbocycles. The van der Waals surface area contributed by atoms with Crippen molar-refractivity contribution in [2.24, 2.45) is 5.16 Å². The normalized spacial score (nSPS) is 10.5. The fourth-order valence-corrected chi connectivity index (χ4v) is 0.906. The highest BCUT2D eigenvalue weighted by Crippen LogP contribution is 2.17. The summed E-state index contributed by atoms with van der Waals surface area (Å²) < 4.78 is 0. The molecule has 1 rings (SSSR count). The van der Waals surface area contributed by atoms with Gasteiger partial charge in [0.15, 0.2) is 0 Å². The van der Waals surface area contributed by atoms with Crippen LogP contribution in [0, 0.1) is 10.1 Å². The first kappa shape index (κ1) is 8.98. The van der Waals surface area contributed by atoms with Gasteiger partial charge in [0.05, 0.1) is 11.1 Å². The van der Waals surface area contributed by atoms with Crippen LogP contribution >= 0.6 is 0 Å². The van der Waals surface area contributed by atoms with Crippen LogP contribution in [0.5, 0.6) is 0 Å². The molecule has 68 valence electrons. The molecule has 0 aromatic heterocycles. The predicted molar refractivity (Wildman–Crippen MR) is 46.9 cm³/mol. The number of nitrogens with zero attached hydrogens (tertiary/aromatic N) is 2. The van der Waals surface area contributed by atoms with E-state index in [0.29, 0.717) is 5.56 Å². The molecule has 13 heavy (non-hydrogen) atoms. The number of nitrogens with two attached hydrogens (primary N) is 1. The summed E-state index contributed by atoms with van der Waals surface area (Å²) in [4.78, 5) is 9.79. The molecule has 0 aliphatic heterocycles. The number of hydrogen-bond acceptors (Lipinski definition) is 5. The van der Waals surface area contributed by atoms with Crippen LogP contribution in [0.1, 0.15) is 5.56 Å². The molecular weight excluding hydrogens is 174 g/mol. The number of nitro benzene ring substituents is 1. The molecule has 6 heteroatoms. The third-order valence-corrected chi connectivity index (χ3v) is 1.38. The number of rotatable bonds is 2. The summed E-state index contributed by atoms with van der Waals surface area (Å²) in [5.74, 6) is 0. The Kier molecular flexibility index (Phi) is 2.44. The van der Waals surface area contributed by atoms with Crippen molar-refractivity contribution in [3.05, 3.63) is 33.9 Å². The van der Waals surface area contributed by atoms with E-state index >= 15 is 0 Å². The lowest BCUT2D eigenvalue weighted by molar-refractivity contribution is -0.384. The third kappa shape index (κ3) is 2.16. The van der Waals surface area contributed by atoms with Crippen LogP contribution < -0.4 is 5.73 Å². The van der Waals surface area contributed by atoms with Crippen molar-refractivity contribution in [2.75, 3.05) is 5.73 Å². The van der Waals surface area contributed by atoms with Crippen molar-refractivity contribution >= 4 is 17.6 Å². The maximum absolute atomic E-state index is 10.4. The van der Waals surface area contributed by atoms with Crippen LogP contribution in [0.25, 0.3) is 0 Å². The van der Waals surface area contributed by atoms with E-state index in [0.717, 1.165) is 6.21 Å². The van der Waals surface area contributed by atoms with E-state index in [1.54, 1.807) is 0 Å². The number of benzene rings is 1. The van der Waals surface area contributed by atoms with Gasteiger partial charge < -0.3 is 10.9 Å². The van der Waals surface area contributed by atoms with Gasteiger partial charge in [-0.05, 0) is 6.07 Å². The first-order valence-electron chi connectivity index (χ1n) is 3.36. The summed E-state index contributed by atoms with van der Waals surface area (Å²) in [7, 11) is 0. The maximum Gasteiger partial charge on any atom is 0.272 e. The lowest BCUT2D eigenvalue weighted by Gasteiger charge is -1.96. The van der Waals surface area contributed by atoms with Crippen LogP contribution in [-0.2, 0) is 0 Å². The minimum atomic E-state index is -0.564. The molecule has 0 heterocycles. The highest BCUT2D eigenvalue weighted by Gasteiger charge is 2.06. The van der Waals surface area contributed by atoms with Crippen LogP contribution in [-0.4, -0.2) is 16.3 Å². The summed E-state index contributed by atoms with van der Waals surface area (Å²) >= 11 is 0.